The Bertz CT molecular complexity index is 525. The van der Waals surface area contributed by atoms with Crippen LogP contribution in [0.5, 0.6) is 5.75 Å². The number of carbonyl (C=O) groups is 1. The Morgan fingerprint density at radius 1 is 1.53 bits per heavy atom. The molecule has 19 heavy (non-hydrogen) atoms. The van der Waals surface area contributed by atoms with Crippen molar-refractivity contribution >= 4 is 21.8 Å². The van der Waals surface area contributed by atoms with Gasteiger partial charge in [-0.2, -0.15) is 5.26 Å². The van der Waals surface area contributed by atoms with Crippen molar-refractivity contribution < 1.29 is 9.53 Å². The lowest BCUT2D eigenvalue weighted by molar-refractivity contribution is 0.0931. The fourth-order valence-electron chi connectivity index (χ4n) is 2.34. The van der Waals surface area contributed by atoms with Crippen molar-refractivity contribution in [3.05, 3.63) is 28.2 Å². The van der Waals surface area contributed by atoms with Crippen LogP contribution in [-0.4, -0.2) is 19.1 Å². The molecule has 1 aromatic carbocycles. The number of amides is 1. The number of rotatable bonds is 3. The van der Waals surface area contributed by atoms with E-state index >= 15 is 0 Å². The lowest BCUT2D eigenvalue weighted by Gasteiger charge is -2.16. The highest BCUT2D eigenvalue weighted by Gasteiger charge is 2.29. The van der Waals surface area contributed by atoms with Gasteiger partial charge < -0.3 is 10.1 Å². The van der Waals surface area contributed by atoms with E-state index in [2.05, 4.69) is 27.3 Å². The Morgan fingerprint density at radius 3 is 3.00 bits per heavy atom. The molecule has 2 rings (SSSR count). The molecular weight excluding hydrogens is 308 g/mol. The molecule has 100 valence electrons. The van der Waals surface area contributed by atoms with Crippen LogP contribution in [0.4, 0.5) is 0 Å². The first-order valence-corrected chi connectivity index (χ1v) is 6.99. The number of benzene rings is 1. The third-order valence-electron chi connectivity index (χ3n) is 3.42. The van der Waals surface area contributed by atoms with Crippen LogP contribution in [0.15, 0.2) is 22.7 Å². The SMILES string of the molecule is COc1ccc(Br)c(C(=O)NC2CCCC2C#N)c1. The number of methoxy groups -OCH3 is 1. The minimum Gasteiger partial charge on any atom is -0.497 e. The van der Waals surface area contributed by atoms with E-state index in [-0.39, 0.29) is 17.9 Å². The zero-order chi connectivity index (χ0) is 13.8. The zero-order valence-corrected chi connectivity index (χ0v) is 12.2. The molecule has 1 fully saturated rings. The molecule has 0 saturated heterocycles. The Hall–Kier alpha value is -1.54. The maximum atomic E-state index is 12.2. The monoisotopic (exact) mass is 322 g/mol. The predicted octanol–water partition coefficient (Wildman–Crippen LogP) is 2.88. The van der Waals surface area contributed by atoms with Gasteiger partial charge in [-0.05, 0) is 53.4 Å². The van der Waals surface area contributed by atoms with E-state index in [1.165, 1.54) is 0 Å². The van der Waals surface area contributed by atoms with Crippen LogP contribution < -0.4 is 10.1 Å². The third-order valence-corrected chi connectivity index (χ3v) is 4.11. The smallest absolute Gasteiger partial charge is 0.252 e. The van der Waals surface area contributed by atoms with Crippen molar-refractivity contribution in [3.8, 4) is 11.8 Å². The van der Waals surface area contributed by atoms with Crippen LogP contribution in [0.25, 0.3) is 0 Å². The van der Waals surface area contributed by atoms with E-state index in [4.69, 9.17) is 10.00 Å². The van der Waals surface area contributed by atoms with E-state index in [9.17, 15) is 4.79 Å². The van der Waals surface area contributed by atoms with Crippen molar-refractivity contribution in [2.24, 2.45) is 5.92 Å². The Kier molecular flexibility index (Phi) is 4.43. The first-order chi connectivity index (χ1) is 9.15. The summed E-state index contributed by atoms with van der Waals surface area (Å²) in [6.07, 6.45) is 2.72. The number of hydrogen-bond acceptors (Lipinski definition) is 3. The fourth-order valence-corrected chi connectivity index (χ4v) is 2.77. The van der Waals surface area contributed by atoms with E-state index in [0.29, 0.717) is 11.3 Å². The van der Waals surface area contributed by atoms with Gasteiger partial charge in [-0.3, -0.25) is 4.79 Å². The second-order valence-electron chi connectivity index (χ2n) is 4.59. The summed E-state index contributed by atoms with van der Waals surface area (Å²) in [6, 6.07) is 7.47. The largest absolute Gasteiger partial charge is 0.497 e. The molecule has 1 saturated carbocycles. The molecule has 2 unspecified atom stereocenters. The first-order valence-electron chi connectivity index (χ1n) is 6.19. The van der Waals surface area contributed by atoms with Gasteiger partial charge in [0, 0.05) is 10.5 Å². The maximum Gasteiger partial charge on any atom is 0.252 e. The molecule has 4 nitrogen and oxygen atoms in total. The van der Waals surface area contributed by atoms with Gasteiger partial charge in [-0.25, -0.2) is 0 Å². The van der Waals surface area contributed by atoms with Gasteiger partial charge in [0.05, 0.1) is 24.7 Å². The van der Waals surface area contributed by atoms with Crippen molar-refractivity contribution in [3.63, 3.8) is 0 Å². The fraction of sp³-hybridized carbons (Fsp3) is 0.429. The highest BCUT2D eigenvalue weighted by molar-refractivity contribution is 9.10. The molecule has 1 aromatic rings. The third kappa shape index (κ3) is 3.07. The number of hydrogen-bond donors (Lipinski definition) is 1. The number of nitriles is 1. The van der Waals surface area contributed by atoms with Gasteiger partial charge in [-0.15, -0.1) is 0 Å². The summed E-state index contributed by atoms with van der Waals surface area (Å²) in [5, 5.41) is 12.0. The summed E-state index contributed by atoms with van der Waals surface area (Å²) in [4.78, 5) is 12.2. The maximum absolute atomic E-state index is 12.2. The minimum absolute atomic E-state index is 0.0457. The lowest BCUT2D eigenvalue weighted by atomic mass is 10.1. The molecule has 0 heterocycles. The topological polar surface area (TPSA) is 62.1 Å². The summed E-state index contributed by atoms with van der Waals surface area (Å²) in [5.41, 5.74) is 0.530. The van der Waals surface area contributed by atoms with Gasteiger partial charge in [0.15, 0.2) is 0 Å². The summed E-state index contributed by atoms with van der Waals surface area (Å²) in [5.74, 6) is 0.392. The predicted molar refractivity (Wildman–Crippen MR) is 74.9 cm³/mol. The lowest BCUT2D eigenvalue weighted by Crippen LogP contribution is -2.37. The van der Waals surface area contributed by atoms with E-state index in [1.54, 1.807) is 25.3 Å². The molecule has 1 aliphatic rings. The quantitative estimate of drug-likeness (QED) is 0.930. The average Bonchev–Trinajstić information content (AvgIpc) is 2.86. The van der Waals surface area contributed by atoms with E-state index in [1.807, 2.05) is 0 Å². The minimum atomic E-state index is -0.169. The molecule has 1 N–H and O–H groups in total. The molecule has 1 aliphatic carbocycles. The van der Waals surface area contributed by atoms with Crippen molar-refractivity contribution in [1.82, 2.24) is 5.32 Å². The van der Waals surface area contributed by atoms with Crippen LogP contribution in [-0.2, 0) is 0 Å². The number of nitrogens with one attached hydrogen (secondary N) is 1. The molecule has 1 amide bonds. The number of ether oxygens (including phenoxy) is 1. The molecular formula is C14H15BrN2O2. The van der Waals surface area contributed by atoms with Gasteiger partial charge in [-0.1, -0.05) is 0 Å². The van der Waals surface area contributed by atoms with Crippen LogP contribution in [0.2, 0.25) is 0 Å². The summed E-state index contributed by atoms with van der Waals surface area (Å²) < 4.78 is 5.84. The average molecular weight is 323 g/mol. The highest BCUT2D eigenvalue weighted by Crippen LogP contribution is 2.27. The molecule has 0 bridgehead atoms. The molecule has 0 radical (unpaired) electrons. The second kappa shape index (κ2) is 6.07. The summed E-state index contributed by atoms with van der Waals surface area (Å²) >= 11 is 3.36. The van der Waals surface area contributed by atoms with Crippen LogP contribution in [0.3, 0.4) is 0 Å². The standard InChI is InChI=1S/C14H15BrN2O2/c1-19-10-5-6-12(15)11(7-10)14(18)17-13-4-2-3-9(13)8-16/h5-7,9,13H,2-4H2,1H3,(H,17,18). The molecule has 5 heteroatoms. The van der Waals surface area contributed by atoms with Crippen molar-refractivity contribution in [2.75, 3.05) is 7.11 Å². The van der Waals surface area contributed by atoms with Gasteiger partial charge in [0.25, 0.3) is 5.91 Å². The van der Waals surface area contributed by atoms with Crippen LogP contribution in [0.1, 0.15) is 29.6 Å². The Morgan fingerprint density at radius 2 is 2.32 bits per heavy atom. The normalized spacial score (nSPS) is 21.7. The van der Waals surface area contributed by atoms with Gasteiger partial charge in [0.2, 0.25) is 0 Å². The van der Waals surface area contributed by atoms with Gasteiger partial charge in [0.1, 0.15) is 5.75 Å². The number of carbonyl (C=O) groups excluding carboxylic acids is 1. The zero-order valence-electron chi connectivity index (χ0n) is 10.6. The van der Waals surface area contributed by atoms with E-state index < -0.39 is 0 Å². The van der Waals surface area contributed by atoms with Crippen molar-refractivity contribution in [1.29, 1.82) is 5.26 Å². The van der Waals surface area contributed by atoms with Crippen molar-refractivity contribution in [2.45, 2.75) is 25.3 Å². The number of halogens is 1. The molecule has 2 atom stereocenters. The van der Waals surface area contributed by atoms with Crippen LogP contribution in [0, 0.1) is 17.2 Å². The molecule has 0 aromatic heterocycles. The first kappa shape index (κ1) is 13.9. The summed E-state index contributed by atoms with van der Waals surface area (Å²) in [7, 11) is 1.56. The van der Waals surface area contributed by atoms with E-state index in [0.717, 1.165) is 23.7 Å². The summed E-state index contributed by atoms with van der Waals surface area (Å²) in [6.45, 7) is 0. The number of nitrogens with zero attached hydrogens (tertiary/aromatic N) is 1. The Balaban J connectivity index is 2.14. The Labute approximate surface area is 120 Å². The second-order valence-corrected chi connectivity index (χ2v) is 5.45. The molecule has 0 aliphatic heterocycles. The van der Waals surface area contributed by atoms with Gasteiger partial charge >= 0.3 is 0 Å². The molecule has 0 spiro atoms. The van der Waals surface area contributed by atoms with Crippen LogP contribution >= 0.6 is 15.9 Å². The highest BCUT2D eigenvalue weighted by atomic mass is 79.9.